The third-order valence-corrected chi connectivity index (χ3v) is 6.05. The van der Waals surface area contributed by atoms with Crippen LogP contribution in [0.4, 0.5) is 4.39 Å². The van der Waals surface area contributed by atoms with Crippen LogP contribution in [0.25, 0.3) is 0 Å². The van der Waals surface area contributed by atoms with Crippen molar-refractivity contribution < 1.29 is 9.18 Å². The van der Waals surface area contributed by atoms with E-state index in [4.69, 9.17) is 0 Å². The molecule has 1 aromatic carbocycles. The van der Waals surface area contributed by atoms with E-state index in [-0.39, 0.29) is 11.7 Å². The SMILES string of the molecule is Cn1c(CN2CCCCC2)nnc1C1CCN(C(=O)c2ccc(F)cc2)CC1. The van der Waals surface area contributed by atoms with Gasteiger partial charge < -0.3 is 9.47 Å². The van der Waals surface area contributed by atoms with E-state index in [1.165, 1.54) is 31.4 Å². The summed E-state index contributed by atoms with van der Waals surface area (Å²) in [5.74, 6) is 2.03. The third kappa shape index (κ3) is 4.09. The second-order valence-electron chi connectivity index (χ2n) is 7.94. The Labute approximate surface area is 165 Å². The van der Waals surface area contributed by atoms with Gasteiger partial charge in [0, 0.05) is 31.6 Å². The monoisotopic (exact) mass is 385 g/mol. The number of aromatic nitrogens is 3. The first-order chi connectivity index (χ1) is 13.6. The van der Waals surface area contributed by atoms with Crippen LogP contribution in [-0.2, 0) is 13.6 Å². The molecular weight excluding hydrogens is 357 g/mol. The molecule has 3 heterocycles. The lowest BCUT2D eigenvalue weighted by Gasteiger charge is -2.31. The highest BCUT2D eigenvalue weighted by atomic mass is 19.1. The zero-order valence-corrected chi connectivity index (χ0v) is 16.5. The summed E-state index contributed by atoms with van der Waals surface area (Å²) in [6.07, 6.45) is 5.62. The maximum Gasteiger partial charge on any atom is 0.253 e. The number of carbonyl (C=O) groups is 1. The van der Waals surface area contributed by atoms with E-state index in [0.717, 1.165) is 44.1 Å². The molecule has 7 heteroatoms. The lowest BCUT2D eigenvalue weighted by atomic mass is 9.95. The third-order valence-electron chi connectivity index (χ3n) is 6.05. The van der Waals surface area contributed by atoms with E-state index >= 15 is 0 Å². The predicted molar refractivity (Wildman–Crippen MR) is 104 cm³/mol. The summed E-state index contributed by atoms with van der Waals surface area (Å²) in [6.45, 7) is 4.54. The second kappa shape index (κ2) is 8.39. The van der Waals surface area contributed by atoms with E-state index in [2.05, 4.69) is 26.7 Å². The largest absolute Gasteiger partial charge is 0.339 e. The number of hydrogen-bond donors (Lipinski definition) is 0. The van der Waals surface area contributed by atoms with Crippen molar-refractivity contribution in [2.75, 3.05) is 26.2 Å². The van der Waals surface area contributed by atoms with Crippen LogP contribution >= 0.6 is 0 Å². The first-order valence-corrected chi connectivity index (χ1v) is 10.3. The number of benzene rings is 1. The Bertz CT molecular complexity index is 805. The molecule has 0 spiro atoms. The molecule has 0 unspecified atom stereocenters. The highest BCUT2D eigenvalue weighted by Crippen LogP contribution is 2.28. The van der Waals surface area contributed by atoms with Crippen molar-refractivity contribution in [3.05, 3.63) is 47.3 Å². The number of nitrogens with zero attached hydrogens (tertiary/aromatic N) is 5. The average Bonchev–Trinajstić information content (AvgIpc) is 3.09. The number of likely N-dealkylation sites (tertiary alicyclic amines) is 2. The molecule has 6 nitrogen and oxygen atoms in total. The van der Waals surface area contributed by atoms with Gasteiger partial charge in [0.2, 0.25) is 0 Å². The molecule has 2 fully saturated rings. The van der Waals surface area contributed by atoms with Gasteiger partial charge in [-0.3, -0.25) is 9.69 Å². The number of amides is 1. The van der Waals surface area contributed by atoms with Crippen LogP contribution in [0, 0.1) is 5.82 Å². The number of halogens is 1. The van der Waals surface area contributed by atoms with Gasteiger partial charge >= 0.3 is 0 Å². The van der Waals surface area contributed by atoms with Gasteiger partial charge in [-0.1, -0.05) is 6.42 Å². The minimum atomic E-state index is -0.321. The average molecular weight is 385 g/mol. The van der Waals surface area contributed by atoms with E-state index in [1.54, 1.807) is 12.1 Å². The summed E-state index contributed by atoms with van der Waals surface area (Å²) < 4.78 is 15.2. The highest BCUT2D eigenvalue weighted by Gasteiger charge is 2.28. The maximum absolute atomic E-state index is 13.1. The van der Waals surface area contributed by atoms with Gasteiger partial charge in [-0.25, -0.2) is 4.39 Å². The molecule has 0 bridgehead atoms. The van der Waals surface area contributed by atoms with Crippen LogP contribution in [0.15, 0.2) is 24.3 Å². The summed E-state index contributed by atoms with van der Waals surface area (Å²) in [4.78, 5) is 16.9. The van der Waals surface area contributed by atoms with Crippen molar-refractivity contribution in [3.8, 4) is 0 Å². The number of rotatable bonds is 4. The van der Waals surface area contributed by atoms with Crippen LogP contribution in [-0.4, -0.2) is 56.7 Å². The normalized spacial score (nSPS) is 19.1. The van der Waals surface area contributed by atoms with Gasteiger partial charge in [0.05, 0.1) is 6.54 Å². The summed E-state index contributed by atoms with van der Waals surface area (Å²) in [6, 6.07) is 5.78. The minimum absolute atomic E-state index is 0.0257. The van der Waals surface area contributed by atoms with Crippen LogP contribution in [0.2, 0.25) is 0 Å². The molecule has 0 atom stereocenters. The highest BCUT2D eigenvalue weighted by molar-refractivity contribution is 5.94. The summed E-state index contributed by atoms with van der Waals surface area (Å²) in [7, 11) is 2.06. The molecule has 2 aliphatic rings. The van der Waals surface area contributed by atoms with Crippen LogP contribution < -0.4 is 0 Å². The predicted octanol–water partition coefficient (Wildman–Crippen LogP) is 2.96. The van der Waals surface area contributed by atoms with E-state index in [0.29, 0.717) is 24.6 Å². The van der Waals surface area contributed by atoms with E-state index in [1.807, 2.05) is 4.90 Å². The number of carbonyl (C=O) groups excluding carboxylic acids is 1. The van der Waals surface area contributed by atoms with Crippen molar-refractivity contribution in [1.82, 2.24) is 24.6 Å². The Morgan fingerprint density at radius 1 is 1.04 bits per heavy atom. The van der Waals surface area contributed by atoms with E-state index in [9.17, 15) is 9.18 Å². The van der Waals surface area contributed by atoms with Crippen molar-refractivity contribution in [1.29, 1.82) is 0 Å². The van der Waals surface area contributed by atoms with Gasteiger partial charge in [0.25, 0.3) is 5.91 Å². The maximum atomic E-state index is 13.1. The van der Waals surface area contributed by atoms with E-state index < -0.39 is 0 Å². The molecule has 0 radical (unpaired) electrons. The number of hydrogen-bond acceptors (Lipinski definition) is 4. The molecule has 2 aliphatic heterocycles. The molecule has 1 amide bonds. The molecule has 2 saturated heterocycles. The van der Waals surface area contributed by atoms with Crippen LogP contribution in [0.1, 0.15) is 60.0 Å². The Morgan fingerprint density at radius 2 is 1.71 bits per heavy atom. The van der Waals surface area contributed by atoms with Gasteiger partial charge in [-0.05, 0) is 63.0 Å². The lowest BCUT2D eigenvalue weighted by Crippen LogP contribution is -2.38. The lowest BCUT2D eigenvalue weighted by molar-refractivity contribution is 0.0710. The van der Waals surface area contributed by atoms with Gasteiger partial charge in [-0.2, -0.15) is 0 Å². The Balaban J connectivity index is 1.36. The molecule has 1 aromatic heterocycles. The topological polar surface area (TPSA) is 54.3 Å². The van der Waals surface area contributed by atoms with Crippen molar-refractivity contribution in [2.24, 2.45) is 7.05 Å². The molecule has 0 aliphatic carbocycles. The Kier molecular flexibility index (Phi) is 5.71. The smallest absolute Gasteiger partial charge is 0.253 e. The number of piperidine rings is 2. The van der Waals surface area contributed by atoms with Crippen LogP contribution in [0.5, 0.6) is 0 Å². The molecule has 28 heavy (non-hydrogen) atoms. The second-order valence-corrected chi connectivity index (χ2v) is 7.94. The molecule has 0 saturated carbocycles. The summed E-state index contributed by atoms with van der Waals surface area (Å²) in [5.41, 5.74) is 0.544. The first kappa shape index (κ1) is 19.1. The summed E-state index contributed by atoms with van der Waals surface area (Å²) >= 11 is 0. The van der Waals surface area contributed by atoms with Gasteiger partial charge in [0.15, 0.2) is 0 Å². The molecular formula is C21H28FN5O. The Morgan fingerprint density at radius 3 is 2.39 bits per heavy atom. The zero-order valence-electron chi connectivity index (χ0n) is 16.5. The quantitative estimate of drug-likeness (QED) is 0.812. The molecule has 4 rings (SSSR count). The van der Waals surface area contributed by atoms with Crippen molar-refractivity contribution in [3.63, 3.8) is 0 Å². The fourth-order valence-electron chi connectivity index (χ4n) is 4.30. The molecule has 150 valence electrons. The summed E-state index contributed by atoms with van der Waals surface area (Å²) in [5, 5.41) is 8.93. The van der Waals surface area contributed by atoms with Crippen LogP contribution in [0.3, 0.4) is 0 Å². The van der Waals surface area contributed by atoms with Gasteiger partial charge in [0.1, 0.15) is 17.5 Å². The fraction of sp³-hybridized carbons (Fsp3) is 0.571. The Hall–Kier alpha value is -2.28. The minimum Gasteiger partial charge on any atom is -0.339 e. The van der Waals surface area contributed by atoms with Gasteiger partial charge in [-0.15, -0.1) is 10.2 Å². The first-order valence-electron chi connectivity index (χ1n) is 10.3. The van der Waals surface area contributed by atoms with Crippen molar-refractivity contribution in [2.45, 2.75) is 44.6 Å². The standard InChI is InChI=1S/C21H28FN5O/c1-25-19(15-26-11-3-2-4-12-26)23-24-20(25)16-9-13-27(14-10-16)21(28)17-5-7-18(22)8-6-17/h5-8,16H,2-4,9-15H2,1H3. The molecule has 2 aromatic rings. The fourth-order valence-corrected chi connectivity index (χ4v) is 4.30. The van der Waals surface area contributed by atoms with Crippen molar-refractivity contribution >= 4 is 5.91 Å². The zero-order chi connectivity index (χ0) is 19.5. The molecule has 0 N–H and O–H groups in total.